The normalized spacial score (nSPS) is 20.5. The Morgan fingerprint density at radius 1 is 1.00 bits per heavy atom. The van der Waals surface area contributed by atoms with Crippen molar-refractivity contribution < 1.29 is 4.79 Å². The molecule has 0 unspecified atom stereocenters. The topological polar surface area (TPSA) is 51.5 Å². The Morgan fingerprint density at radius 3 is 2.33 bits per heavy atom. The summed E-state index contributed by atoms with van der Waals surface area (Å²) in [6, 6.07) is 7.79. The highest BCUT2D eigenvalue weighted by Gasteiger charge is 2.29. The SMILES string of the molecule is CN1CCN(C2=Nc3ccccc3N=C3C2=CC=CN3C=O)CC1. The summed E-state index contributed by atoms with van der Waals surface area (Å²) in [6.07, 6.45) is 6.37. The van der Waals surface area contributed by atoms with Crippen molar-refractivity contribution in [3.8, 4) is 0 Å². The maximum atomic E-state index is 11.5. The van der Waals surface area contributed by atoms with Gasteiger partial charge in [0, 0.05) is 32.4 Å². The molecule has 3 aliphatic rings. The number of benzene rings is 1. The summed E-state index contributed by atoms with van der Waals surface area (Å²) in [5.74, 6) is 1.53. The number of rotatable bonds is 1. The predicted octanol–water partition coefficient (Wildman–Crippen LogP) is 1.92. The summed E-state index contributed by atoms with van der Waals surface area (Å²) in [7, 11) is 2.13. The van der Waals surface area contributed by atoms with Crippen LogP contribution in [0.2, 0.25) is 0 Å². The number of amidine groups is 2. The lowest BCUT2D eigenvalue weighted by molar-refractivity contribution is -0.113. The van der Waals surface area contributed by atoms with Gasteiger partial charge in [-0.1, -0.05) is 12.1 Å². The molecule has 3 aliphatic heterocycles. The summed E-state index contributed by atoms with van der Waals surface area (Å²) < 4.78 is 0. The Bertz CT molecular complexity index is 784. The van der Waals surface area contributed by atoms with Gasteiger partial charge in [0.2, 0.25) is 6.41 Å². The van der Waals surface area contributed by atoms with Gasteiger partial charge in [-0.15, -0.1) is 0 Å². The minimum atomic E-state index is 0.634. The van der Waals surface area contributed by atoms with Gasteiger partial charge in [0.25, 0.3) is 0 Å². The second-order valence-corrected chi connectivity index (χ2v) is 6.08. The number of likely N-dealkylation sites (N-methyl/N-ethyl adjacent to an activating group) is 1. The second kappa shape index (κ2) is 6.05. The average molecular weight is 321 g/mol. The van der Waals surface area contributed by atoms with E-state index < -0.39 is 0 Å². The number of hydrogen-bond donors (Lipinski definition) is 0. The fourth-order valence-electron chi connectivity index (χ4n) is 3.09. The van der Waals surface area contributed by atoms with E-state index >= 15 is 0 Å². The number of aliphatic imine (C=N–C) groups is 2. The van der Waals surface area contributed by atoms with E-state index in [1.165, 1.54) is 4.90 Å². The lowest BCUT2D eigenvalue weighted by Gasteiger charge is -2.36. The lowest BCUT2D eigenvalue weighted by Crippen LogP contribution is -2.49. The third-order valence-corrected chi connectivity index (χ3v) is 4.49. The van der Waals surface area contributed by atoms with E-state index in [0.29, 0.717) is 5.84 Å². The molecule has 1 saturated heterocycles. The van der Waals surface area contributed by atoms with Gasteiger partial charge >= 0.3 is 0 Å². The molecule has 3 heterocycles. The number of amides is 1. The summed E-state index contributed by atoms with van der Waals surface area (Å²) in [4.78, 5) is 27.2. The van der Waals surface area contributed by atoms with Crippen molar-refractivity contribution in [2.45, 2.75) is 0 Å². The quantitative estimate of drug-likeness (QED) is 0.743. The van der Waals surface area contributed by atoms with Gasteiger partial charge in [-0.3, -0.25) is 9.69 Å². The third kappa shape index (κ3) is 2.55. The summed E-state index contributed by atoms with van der Waals surface area (Å²) in [6.45, 7) is 3.81. The standard InChI is InChI=1S/C18H19N5O/c1-21-9-11-22(12-10-21)17-14-5-4-8-23(13-24)18(14)20-16-7-3-2-6-15(16)19-17/h2-8,13H,9-12H2,1H3. The molecule has 122 valence electrons. The van der Waals surface area contributed by atoms with Crippen LogP contribution in [0.4, 0.5) is 11.4 Å². The van der Waals surface area contributed by atoms with Crippen molar-refractivity contribution in [2.75, 3.05) is 33.2 Å². The maximum Gasteiger partial charge on any atom is 0.219 e. The summed E-state index contributed by atoms with van der Waals surface area (Å²) >= 11 is 0. The Morgan fingerprint density at radius 2 is 1.67 bits per heavy atom. The van der Waals surface area contributed by atoms with Crippen LogP contribution in [0, 0.1) is 0 Å². The van der Waals surface area contributed by atoms with Crippen molar-refractivity contribution >= 4 is 29.5 Å². The Hall–Kier alpha value is -2.73. The van der Waals surface area contributed by atoms with Crippen molar-refractivity contribution in [3.63, 3.8) is 0 Å². The van der Waals surface area contributed by atoms with Gasteiger partial charge in [-0.2, -0.15) is 0 Å². The Labute approximate surface area is 141 Å². The molecule has 0 N–H and O–H groups in total. The Kier molecular flexibility index (Phi) is 3.74. The molecule has 6 nitrogen and oxygen atoms in total. The largest absolute Gasteiger partial charge is 0.353 e. The summed E-state index contributed by atoms with van der Waals surface area (Å²) in [5, 5.41) is 0. The number of allylic oxidation sites excluding steroid dienone is 2. The van der Waals surface area contributed by atoms with Gasteiger partial charge in [0.1, 0.15) is 5.84 Å². The van der Waals surface area contributed by atoms with E-state index in [4.69, 9.17) is 9.98 Å². The van der Waals surface area contributed by atoms with Crippen LogP contribution in [0.3, 0.4) is 0 Å². The average Bonchev–Trinajstić information content (AvgIpc) is 2.79. The molecule has 0 spiro atoms. The molecule has 0 aliphatic carbocycles. The zero-order valence-electron chi connectivity index (χ0n) is 13.6. The molecule has 0 radical (unpaired) electrons. The number of para-hydroxylation sites is 2. The molecule has 0 saturated carbocycles. The molecule has 1 aromatic rings. The van der Waals surface area contributed by atoms with E-state index in [2.05, 4.69) is 16.8 Å². The number of hydrogen-bond acceptors (Lipinski definition) is 5. The van der Waals surface area contributed by atoms with Gasteiger partial charge in [0.15, 0.2) is 5.84 Å². The van der Waals surface area contributed by atoms with Gasteiger partial charge in [0.05, 0.1) is 16.9 Å². The molecule has 1 fully saturated rings. The first kappa shape index (κ1) is 14.8. The molecule has 24 heavy (non-hydrogen) atoms. The molecule has 1 aromatic carbocycles. The van der Waals surface area contributed by atoms with E-state index in [1.807, 2.05) is 36.4 Å². The third-order valence-electron chi connectivity index (χ3n) is 4.49. The van der Waals surface area contributed by atoms with Crippen LogP contribution in [-0.4, -0.2) is 66.0 Å². The molecular weight excluding hydrogens is 302 g/mol. The number of fused-ring (bicyclic) bond motifs is 2. The van der Waals surface area contributed by atoms with E-state index in [-0.39, 0.29) is 0 Å². The van der Waals surface area contributed by atoms with Gasteiger partial charge < -0.3 is 9.80 Å². The fourth-order valence-corrected chi connectivity index (χ4v) is 3.09. The molecular formula is C18H19N5O. The Balaban J connectivity index is 1.84. The lowest BCUT2D eigenvalue weighted by atomic mass is 10.1. The smallest absolute Gasteiger partial charge is 0.219 e. The highest BCUT2D eigenvalue weighted by Crippen LogP contribution is 2.33. The predicted molar refractivity (Wildman–Crippen MR) is 94.8 cm³/mol. The first-order chi connectivity index (χ1) is 11.8. The van der Waals surface area contributed by atoms with Crippen LogP contribution in [0.25, 0.3) is 0 Å². The zero-order valence-corrected chi connectivity index (χ0v) is 13.6. The second-order valence-electron chi connectivity index (χ2n) is 6.08. The number of piperazine rings is 1. The van der Waals surface area contributed by atoms with Crippen LogP contribution in [-0.2, 0) is 4.79 Å². The van der Waals surface area contributed by atoms with Crippen LogP contribution < -0.4 is 0 Å². The zero-order chi connectivity index (χ0) is 16.5. The van der Waals surface area contributed by atoms with E-state index in [1.54, 1.807) is 6.20 Å². The number of nitrogens with zero attached hydrogens (tertiary/aromatic N) is 5. The molecule has 0 aromatic heterocycles. The van der Waals surface area contributed by atoms with Crippen molar-refractivity contribution in [1.82, 2.24) is 14.7 Å². The minimum absolute atomic E-state index is 0.634. The molecule has 4 rings (SSSR count). The first-order valence-electron chi connectivity index (χ1n) is 8.09. The van der Waals surface area contributed by atoms with Crippen molar-refractivity contribution in [1.29, 1.82) is 0 Å². The van der Waals surface area contributed by atoms with Gasteiger partial charge in [-0.25, -0.2) is 9.98 Å². The van der Waals surface area contributed by atoms with Crippen LogP contribution in [0.1, 0.15) is 0 Å². The number of carbonyl (C=O) groups is 1. The molecule has 0 atom stereocenters. The van der Waals surface area contributed by atoms with Crippen molar-refractivity contribution in [2.24, 2.45) is 9.98 Å². The van der Waals surface area contributed by atoms with Crippen molar-refractivity contribution in [3.05, 3.63) is 48.2 Å². The minimum Gasteiger partial charge on any atom is -0.353 e. The first-order valence-corrected chi connectivity index (χ1v) is 8.09. The van der Waals surface area contributed by atoms with E-state index in [9.17, 15) is 4.79 Å². The maximum absolute atomic E-state index is 11.5. The molecule has 0 bridgehead atoms. The molecule has 6 heteroatoms. The highest BCUT2D eigenvalue weighted by atomic mass is 16.1. The number of carbonyl (C=O) groups excluding carboxylic acids is 1. The monoisotopic (exact) mass is 321 g/mol. The van der Waals surface area contributed by atoms with Gasteiger partial charge in [-0.05, 0) is 31.3 Å². The summed E-state index contributed by atoms with van der Waals surface area (Å²) in [5.41, 5.74) is 2.51. The molecule has 1 amide bonds. The van der Waals surface area contributed by atoms with E-state index in [0.717, 1.165) is 55.4 Å². The fraction of sp³-hybridized carbons (Fsp3) is 0.278. The highest BCUT2D eigenvalue weighted by molar-refractivity contribution is 6.27. The van der Waals surface area contributed by atoms with Crippen LogP contribution >= 0.6 is 0 Å². The van der Waals surface area contributed by atoms with Crippen LogP contribution in [0.5, 0.6) is 0 Å². The van der Waals surface area contributed by atoms with Crippen LogP contribution in [0.15, 0.2) is 58.2 Å².